The molecule has 2 aromatic carbocycles. The minimum atomic E-state index is -0.0611. The average Bonchev–Trinajstić information content (AvgIpc) is 3.07. The molecule has 0 aliphatic heterocycles. The summed E-state index contributed by atoms with van der Waals surface area (Å²) in [6.45, 7) is 4.02. The molecule has 0 saturated carbocycles. The third-order valence-corrected chi connectivity index (χ3v) is 5.00. The first kappa shape index (κ1) is 18.0. The first-order valence-electron chi connectivity index (χ1n) is 9.25. The van der Waals surface area contributed by atoms with Gasteiger partial charge in [-0.05, 0) is 50.1 Å². The Morgan fingerprint density at radius 1 is 1.11 bits per heavy atom. The van der Waals surface area contributed by atoms with Gasteiger partial charge in [0.1, 0.15) is 5.75 Å². The van der Waals surface area contributed by atoms with E-state index in [2.05, 4.69) is 10.4 Å². The molecule has 0 atom stereocenters. The van der Waals surface area contributed by atoms with E-state index in [-0.39, 0.29) is 5.91 Å². The number of hydrogen-bond acceptors (Lipinski definition) is 4. The molecule has 0 fully saturated rings. The zero-order valence-corrected chi connectivity index (χ0v) is 16.2. The summed E-state index contributed by atoms with van der Waals surface area (Å²) in [5.41, 5.74) is 5.45. The molecule has 4 aromatic rings. The van der Waals surface area contributed by atoms with Crippen LogP contribution >= 0.6 is 0 Å². The van der Waals surface area contributed by atoms with Crippen LogP contribution in [0.4, 0.5) is 5.69 Å². The molecule has 142 valence electrons. The SMILES string of the molecule is COc1ccccc1NC(=O)CCc1c(C)nc2c3ccccc3nn2c1C. The Labute approximate surface area is 163 Å². The van der Waals surface area contributed by atoms with E-state index in [0.29, 0.717) is 24.3 Å². The topological polar surface area (TPSA) is 68.5 Å². The number of rotatable bonds is 5. The minimum Gasteiger partial charge on any atom is -0.495 e. The van der Waals surface area contributed by atoms with Crippen LogP contribution in [0.5, 0.6) is 5.75 Å². The highest BCUT2D eigenvalue weighted by Gasteiger charge is 2.15. The molecule has 2 aromatic heterocycles. The predicted octanol–water partition coefficient (Wildman–Crippen LogP) is 4.08. The number of para-hydroxylation sites is 2. The van der Waals surface area contributed by atoms with Crippen molar-refractivity contribution in [1.29, 1.82) is 0 Å². The molecule has 6 nitrogen and oxygen atoms in total. The van der Waals surface area contributed by atoms with Gasteiger partial charge in [0.25, 0.3) is 0 Å². The van der Waals surface area contributed by atoms with E-state index in [1.165, 1.54) is 0 Å². The number of carbonyl (C=O) groups is 1. The second kappa shape index (κ2) is 7.31. The lowest BCUT2D eigenvalue weighted by Crippen LogP contribution is -2.14. The number of hydrogen-bond donors (Lipinski definition) is 1. The van der Waals surface area contributed by atoms with Crippen molar-refractivity contribution in [3.63, 3.8) is 0 Å². The van der Waals surface area contributed by atoms with Crippen LogP contribution in [0.3, 0.4) is 0 Å². The molecule has 28 heavy (non-hydrogen) atoms. The fourth-order valence-electron chi connectivity index (χ4n) is 3.54. The maximum Gasteiger partial charge on any atom is 0.224 e. The molecule has 0 saturated heterocycles. The summed E-state index contributed by atoms with van der Waals surface area (Å²) in [6.07, 6.45) is 0.950. The number of anilines is 1. The van der Waals surface area contributed by atoms with E-state index < -0.39 is 0 Å². The quantitative estimate of drug-likeness (QED) is 0.571. The summed E-state index contributed by atoms with van der Waals surface area (Å²) in [5.74, 6) is 0.587. The molecule has 1 amide bonds. The van der Waals surface area contributed by atoms with Crippen LogP contribution in [0, 0.1) is 13.8 Å². The van der Waals surface area contributed by atoms with Crippen molar-refractivity contribution in [3.05, 3.63) is 65.5 Å². The Morgan fingerprint density at radius 2 is 1.86 bits per heavy atom. The van der Waals surface area contributed by atoms with Crippen LogP contribution in [0.1, 0.15) is 23.4 Å². The Kier molecular flexibility index (Phi) is 4.69. The number of fused-ring (bicyclic) bond motifs is 3. The third-order valence-electron chi connectivity index (χ3n) is 5.00. The summed E-state index contributed by atoms with van der Waals surface area (Å²) in [5, 5.41) is 8.63. The van der Waals surface area contributed by atoms with Gasteiger partial charge in [0.2, 0.25) is 5.91 Å². The molecule has 2 heterocycles. The van der Waals surface area contributed by atoms with Crippen LogP contribution in [0.25, 0.3) is 16.6 Å². The number of ether oxygens (including phenoxy) is 1. The van der Waals surface area contributed by atoms with Crippen LogP contribution in [-0.2, 0) is 11.2 Å². The number of aromatic nitrogens is 3. The van der Waals surface area contributed by atoms with Gasteiger partial charge >= 0.3 is 0 Å². The van der Waals surface area contributed by atoms with Crippen LogP contribution < -0.4 is 10.1 Å². The highest BCUT2D eigenvalue weighted by Crippen LogP contribution is 2.25. The van der Waals surface area contributed by atoms with Gasteiger partial charge in [-0.15, -0.1) is 0 Å². The van der Waals surface area contributed by atoms with Crippen molar-refractivity contribution in [3.8, 4) is 5.75 Å². The van der Waals surface area contributed by atoms with Gasteiger partial charge in [-0.1, -0.05) is 24.3 Å². The molecule has 0 radical (unpaired) electrons. The van der Waals surface area contributed by atoms with Crippen molar-refractivity contribution in [1.82, 2.24) is 14.6 Å². The number of nitrogens with zero attached hydrogens (tertiary/aromatic N) is 3. The lowest BCUT2D eigenvalue weighted by molar-refractivity contribution is -0.116. The molecule has 0 aliphatic carbocycles. The molecule has 4 rings (SSSR count). The average molecular weight is 374 g/mol. The number of methoxy groups -OCH3 is 1. The fraction of sp³-hybridized carbons (Fsp3) is 0.227. The number of aryl methyl sites for hydroxylation is 2. The zero-order valence-electron chi connectivity index (χ0n) is 16.2. The van der Waals surface area contributed by atoms with E-state index in [4.69, 9.17) is 9.72 Å². The first-order valence-corrected chi connectivity index (χ1v) is 9.25. The van der Waals surface area contributed by atoms with Crippen LogP contribution in [-0.4, -0.2) is 27.6 Å². The molecule has 1 N–H and O–H groups in total. The number of nitrogens with one attached hydrogen (secondary N) is 1. The summed E-state index contributed by atoms with van der Waals surface area (Å²) in [4.78, 5) is 17.2. The van der Waals surface area contributed by atoms with Crippen LogP contribution in [0.15, 0.2) is 48.5 Å². The van der Waals surface area contributed by atoms with E-state index in [1.54, 1.807) is 7.11 Å². The van der Waals surface area contributed by atoms with E-state index >= 15 is 0 Å². The van der Waals surface area contributed by atoms with Gasteiger partial charge in [0.05, 0.1) is 18.3 Å². The van der Waals surface area contributed by atoms with Gasteiger partial charge in [0, 0.05) is 23.2 Å². The van der Waals surface area contributed by atoms with E-state index in [9.17, 15) is 4.79 Å². The monoisotopic (exact) mass is 374 g/mol. The Morgan fingerprint density at radius 3 is 2.68 bits per heavy atom. The lowest BCUT2D eigenvalue weighted by atomic mass is 10.1. The minimum absolute atomic E-state index is 0.0611. The number of carbonyl (C=O) groups excluding carboxylic acids is 1. The predicted molar refractivity (Wildman–Crippen MR) is 110 cm³/mol. The number of amides is 1. The Hall–Kier alpha value is -3.41. The van der Waals surface area contributed by atoms with Gasteiger partial charge < -0.3 is 10.1 Å². The summed E-state index contributed by atoms with van der Waals surface area (Å²) >= 11 is 0. The Bertz CT molecular complexity index is 1180. The summed E-state index contributed by atoms with van der Waals surface area (Å²) < 4.78 is 7.17. The highest BCUT2D eigenvalue weighted by atomic mass is 16.5. The summed E-state index contributed by atoms with van der Waals surface area (Å²) in [6, 6.07) is 15.4. The van der Waals surface area contributed by atoms with Crippen molar-refractivity contribution in [2.24, 2.45) is 0 Å². The number of benzene rings is 2. The standard InChI is InChI=1S/C22H22N4O2/c1-14-16(12-13-21(27)24-19-10-6-7-11-20(19)28-3)15(2)26-22(23-14)17-8-4-5-9-18(17)25-26/h4-11H,12-13H2,1-3H3,(H,24,27). The van der Waals surface area contributed by atoms with Gasteiger partial charge in [-0.2, -0.15) is 5.10 Å². The second-order valence-electron chi connectivity index (χ2n) is 6.76. The largest absolute Gasteiger partial charge is 0.495 e. The molecular weight excluding hydrogens is 352 g/mol. The van der Waals surface area contributed by atoms with Gasteiger partial charge in [-0.3, -0.25) is 4.79 Å². The van der Waals surface area contributed by atoms with Crippen LogP contribution in [0.2, 0.25) is 0 Å². The maximum atomic E-state index is 12.5. The fourth-order valence-corrected chi connectivity index (χ4v) is 3.54. The van der Waals surface area contributed by atoms with Gasteiger partial charge in [0.15, 0.2) is 5.65 Å². The lowest BCUT2D eigenvalue weighted by Gasteiger charge is -2.12. The zero-order chi connectivity index (χ0) is 19.7. The molecular formula is C22H22N4O2. The van der Waals surface area contributed by atoms with Crippen molar-refractivity contribution in [2.75, 3.05) is 12.4 Å². The van der Waals surface area contributed by atoms with E-state index in [0.717, 1.165) is 33.5 Å². The van der Waals surface area contributed by atoms with Crippen molar-refractivity contribution >= 4 is 28.1 Å². The normalized spacial score (nSPS) is 11.1. The molecule has 0 spiro atoms. The molecule has 0 bridgehead atoms. The molecule has 6 heteroatoms. The highest BCUT2D eigenvalue weighted by molar-refractivity contribution is 5.93. The van der Waals surface area contributed by atoms with E-state index in [1.807, 2.05) is 66.9 Å². The molecule has 0 unspecified atom stereocenters. The third kappa shape index (κ3) is 3.17. The second-order valence-corrected chi connectivity index (χ2v) is 6.76. The maximum absolute atomic E-state index is 12.5. The molecule has 0 aliphatic rings. The van der Waals surface area contributed by atoms with Crippen molar-refractivity contribution in [2.45, 2.75) is 26.7 Å². The Balaban J connectivity index is 1.58. The summed E-state index contributed by atoms with van der Waals surface area (Å²) in [7, 11) is 1.59. The van der Waals surface area contributed by atoms with Gasteiger partial charge in [-0.25, -0.2) is 9.50 Å². The van der Waals surface area contributed by atoms with Crippen molar-refractivity contribution < 1.29 is 9.53 Å². The smallest absolute Gasteiger partial charge is 0.224 e. The first-order chi connectivity index (χ1) is 13.6.